The molecule has 1 aromatic carbocycles. The molecule has 0 aliphatic carbocycles. The lowest BCUT2D eigenvalue weighted by Gasteiger charge is -2.29. The highest BCUT2D eigenvalue weighted by Gasteiger charge is 2.20. The van der Waals surface area contributed by atoms with Crippen LogP contribution in [0.3, 0.4) is 0 Å². The van der Waals surface area contributed by atoms with Gasteiger partial charge in [-0.25, -0.2) is 13.1 Å². The summed E-state index contributed by atoms with van der Waals surface area (Å²) in [6.45, 7) is 2.52. The fraction of sp³-hybridized carbons (Fsp3) is 0.533. The van der Waals surface area contributed by atoms with Gasteiger partial charge in [0, 0.05) is 13.1 Å². The van der Waals surface area contributed by atoms with Gasteiger partial charge in [-0.1, -0.05) is 12.1 Å². The molecule has 1 saturated heterocycles. The molecule has 114 valence electrons. The number of nitrogens with one attached hydrogen (secondary N) is 1. The van der Waals surface area contributed by atoms with Gasteiger partial charge >= 0.3 is 0 Å². The van der Waals surface area contributed by atoms with Crippen LogP contribution in [0.4, 0.5) is 0 Å². The van der Waals surface area contributed by atoms with E-state index in [0.717, 1.165) is 25.9 Å². The van der Waals surface area contributed by atoms with Crippen LogP contribution in [0, 0.1) is 17.2 Å². The number of nitrogens with zero attached hydrogens (tertiary/aromatic N) is 2. The topological polar surface area (TPSA) is 73.2 Å². The molecule has 6 heteroatoms. The number of rotatable bonds is 5. The van der Waals surface area contributed by atoms with Gasteiger partial charge in [0.05, 0.1) is 17.4 Å². The summed E-state index contributed by atoms with van der Waals surface area (Å²) < 4.78 is 26.9. The number of benzene rings is 1. The Kier molecular flexibility index (Phi) is 5.34. The summed E-state index contributed by atoms with van der Waals surface area (Å²) in [6, 6.07) is 8.75. The summed E-state index contributed by atoms with van der Waals surface area (Å²) in [6.07, 6.45) is 2.18. The van der Waals surface area contributed by atoms with Gasteiger partial charge in [-0.2, -0.15) is 5.26 Å². The molecule has 1 atom stereocenters. The van der Waals surface area contributed by atoms with Crippen LogP contribution in [-0.2, 0) is 15.8 Å². The maximum atomic E-state index is 12.1. The number of piperidine rings is 1. The van der Waals surface area contributed by atoms with E-state index in [1.807, 2.05) is 6.07 Å². The Labute approximate surface area is 126 Å². The second-order valence-corrected chi connectivity index (χ2v) is 7.50. The molecule has 1 aliphatic rings. The van der Waals surface area contributed by atoms with Gasteiger partial charge in [0.1, 0.15) is 0 Å². The molecule has 21 heavy (non-hydrogen) atoms. The molecule has 0 radical (unpaired) electrons. The molecule has 0 saturated carbocycles. The summed E-state index contributed by atoms with van der Waals surface area (Å²) in [7, 11) is -1.29. The van der Waals surface area contributed by atoms with Gasteiger partial charge < -0.3 is 4.90 Å². The first-order valence-corrected chi connectivity index (χ1v) is 8.78. The van der Waals surface area contributed by atoms with E-state index in [-0.39, 0.29) is 5.75 Å². The Morgan fingerprint density at radius 3 is 3.00 bits per heavy atom. The quantitative estimate of drug-likeness (QED) is 0.890. The normalized spacial score (nSPS) is 20.1. The molecule has 1 aliphatic heterocycles. The predicted octanol–water partition coefficient (Wildman–Crippen LogP) is 1.32. The fourth-order valence-electron chi connectivity index (χ4n) is 2.69. The van der Waals surface area contributed by atoms with Crippen LogP contribution in [-0.4, -0.2) is 40.0 Å². The highest BCUT2D eigenvalue weighted by Crippen LogP contribution is 2.15. The Hall–Kier alpha value is -1.42. The lowest BCUT2D eigenvalue weighted by atomic mass is 9.99. The SMILES string of the molecule is CN1CCCC(CNS(=O)(=O)Cc2cccc(C#N)c2)C1. The molecular formula is C15H21N3O2S. The van der Waals surface area contributed by atoms with Crippen molar-refractivity contribution in [1.82, 2.24) is 9.62 Å². The van der Waals surface area contributed by atoms with Crippen molar-refractivity contribution < 1.29 is 8.42 Å². The average molecular weight is 307 g/mol. The van der Waals surface area contributed by atoms with Crippen molar-refractivity contribution in [3.8, 4) is 6.07 Å². The molecule has 0 spiro atoms. The molecular weight excluding hydrogens is 286 g/mol. The van der Waals surface area contributed by atoms with Gasteiger partial charge in [-0.3, -0.25) is 0 Å². The first-order valence-electron chi connectivity index (χ1n) is 7.13. The van der Waals surface area contributed by atoms with Gasteiger partial charge in [-0.15, -0.1) is 0 Å². The maximum absolute atomic E-state index is 12.1. The summed E-state index contributed by atoms with van der Waals surface area (Å²) in [4.78, 5) is 2.23. The van der Waals surface area contributed by atoms with Gasteiger partial charge in [0.15, 0.2) is 0 Å². The van der Waals surface area contributed by atoms with Crippen LogP contribution < -0.4 is 4.72 Å². The lowest BCUT2D eigenvalue weighted by molar-refractivity contribution is 0.211. The van der Waals surface area contributed by atoms with Crippen molar-refractivity contribution in [3.05, 3.63) is 35.4 Å². The summed E-state index contributed by atoms with van der Waals surface area (Å²) in [5.74, 6) is 0.300. The fourth-order valence-corrected chi connectivity index (χ4v) is 3.90. The van der Waals surface area contributed by atoms with Gasteiger partial charge in [0.2, 0.25) is 10.0 Å². The van der Waals surface area contributed by atoms with Crippen molar-refractivity contribution in [2.24, 2.45) is 5.92 Å². The number of nitriles is 1. The smallest absolute Gasteiger partial charge is 0.215 e. The van der Waals surface area contributed by atoms with Crippen molar-refractivity contribution in [2.75, 3.05) is 26.7 Å². The van der Waals surface area contributed by atoms with E-state index in [1.165, 1.54) is 0 Å². The Morgan fingerprint density at radius 2 is 2.29 bits per heavy atom. The van der Waals surface area contributed by atoms with Crippen LogP contribution in [0.1, 0.15) is 24.0 Å². The number of hydrogen-bond donors (Lipinski definition) is 1. The van der Waals surface area contributed by atoms with Crippen LogP contribution in [0.15, 0.2) is 24.3 Å². The molecule has 1 N–H and O–H groups in total. The minimum absolute atomic E-state index is 0.0783. The predicted molar refractivity (Wildman–Crippen MR) is 82.0 cm³/mol. The minimum Gasteiger partial charge on any atom is -0.306 e. The Morgan fingerprint density at radius 1 is 1.48 bits per heavy atom. The standard InChI is InChI=1S/C15H21N3O2S/c1-18-7-3-6-15(11-18)10-17-21(19,20)12-14-5-2-4-13(8-14)9-16/h2,4-5,8,15,17H,3,6-7,10-12H2,1H3. The first-order chi connectivity index (χ1) is 9.98. The monoisotopic (exact) mass is 307 g/mol. The first kappa shape index (κ1) is 16.0. The van der Waals surface area contributed by atoms with E-state index in [1.54, 1.807) is 24.3 Å². The minimum atomic E-state index is -3.35. The molecule has 0 aromatic heterocycles. The van der Waals surface area contributed by atoms with Crippen LogP contribution >= 0.6 is 0 Å². The van der Waals surface area contributed by atoms with E-state index in [9.17, 15) is 8.42 Å². The van der Waals surface area contributed by atoms with E-state index >= 15 is 0 Å². The molecule has 1 aromatic rings. The number of hydrogen-bond acceptors (Lipinski definition) is 4. The third-order valence-electron chi connectivity index (χ3n) is 3.73. The van der Waals surface area contributed by atoms with Gasteiger partial charge in [0.25, 0.3) is 0 Å². The van der Waals surface area contributed by atoms with Crippen LogP contribution in [0.2, 0.25) is 0 Å². The molecule has 0 amide bonds. The Bertz CT molecular complexity index is 622. The Balaban J connectivity index is 1.91. The maximum Gasteiger partial charge on any atom is 0.215 e. The zero-order chi connectivity index (χ0) is 15.3. The molecule has 1 unspecified atom stereocenters. The van der Waals surface area contributed by atoms with Crippen molar-refractivity contribution in [2.45, 2.75) is 18.6 Å². The van der Waals surface area contributed by atoms with Crippen molar-refractivity contribution in [3.63, 3.8) is 0 Å². The summed E-state index contributed by atoms with van der Waals surface area (Å²) in [5.41, 5.74) is 1.12. The third kappa shape index (κ3) is 5.12. The van der Waals surface area contributed by atoms with Crippen molar-refractivity contribution in [1.29, 1.82) is 5.26 Å². The molecule has 0 bridgehead atoms. The second-order valence-electron chi connectivity index (χ2n) is 5.69. The summed E-state index contributed by atoms with van der Waals surface area (Å²) in [5, 5.41) is 8.84. The largest absolute Gasteiger partial charge is 0.306 e. The number of sulfonamides is 1. The zero-order valence-electron chi connectivity index (χ0n) is 12.2. The van der Waals surface area contributed by atoms with Crippen LogP contribution in [0.25, 0.3) is 0 Å². The van der Waals surface area contributed by atoms with Crippen LogP contribution in [0.5, 0.6) is 0 Å². The van der Waals surface area contributed by atoms with E-state index in [0.29, 0.717) is 23.6 Å². The van der Waals surface area contributed by atoms with E-state index < -0.39 is 10.0 Å². The van der Waals surface area contributed by atoms with Crippen molar-refractivity contribution >= 4 is 10.0 Å². The van der Waals surface area contributed by atoms with E-state index in [2.05, 4.69) is 16.7 Å². The average Bonchev–Trinajstić information content (AvgIpc) is 2.45. The molecule has 1 heterocycles. The highest BCUT2D eigenvalue weighted by atomic mass is 32.2. The molecule has 5 nitrogen and oxygen atoms in total. The highest BCUT2D eigenvalue weighted by molar-refractivity contribution is 7.88. The second kappa shape index (κ2) is 7.03. The van der Waals surface area contributed by atoms with Gasteiger partial charge in [-0.05, 0) is 50.0 Å². The number of likely N-dealkylation sites (tertiary alicyclic amines) is 1. The zero-order valence-corrected chi connectivity index (χ0v) is 13.1. The molecule has 1 fully saturated rings. The lowest BCUT2D eigenvalue weighted by Crippen LogP contribution is -2.39. The molecule has 2 rings (SSSR count). The third-order valence-corrected chi connectivity index (χ3v) is 5.05. The summed E-state index contributed by atoms with van der Waals surface area (Å²) >= 11 is 0. The van der Waals surface area contributed by atoms with E-state index in [4.69, 9.17) is 5.26 Å².